The Balaban J connectivity index is 2.18. The minimum atomic E-state index is -4.06. The molecular formula is C18H23O6PS4. The van der Waals surface area contributed by atoms with Gasteiger partial charge in [-0.15, -0.1) is 23.5 Å². The van der Waals surface area contributed by atoms with Gasteiger partial charge in [0.1, 0.15) is 0 Å². The normalized spacial score (nSPS) is 12.6. The molecule has 6 nitrogen and oxygen atoms in total. The smallest absolute Gasteiger partial charge is 0.265 e. The third-order valence-corrected chi connectivity index (χ3v) is 11.6. The van der Waals surface area contributed by atoms with Gasteiger partial charge in [0.2, 0.25) is 0 Å². The molecule has 29 heavy (non-hydrogen) atoms. The van der Waals surface area contributed by atoms with Crippen molar-refractivity contribution in [1.29, 1.82) is 0 Å². The fourth-order valence-corrected chi connectivity index (χ4v) is 10.2. The van der Waals surface area contributed by atoms with Gasteiger partial charge in [-0.2, -0.15) is 16.8 Å². The number of rotatable bonds is 12. The van der Waals surface area contributed by atoms with Gasteiger partial charge in [-0.3, -0.25) is 9.11 Å². The van der Waals surface area contributed by atoms with E-state index in [2.05, 4.69) is 24.3 Å². The molecule has 11 heteroatoms. The van der Waals surface area contributed by atoms with Gasteiger partial charge in [-0.1, -0.05) is 60.7 Å². The molecule has 2 N–H and O–H groups in total. The van der Waals surface area contributed by atoms with Crippen LogP contribution in [0.5, 0.6) is 0 Å². The first-order chi connectivity index (χ1) is 13.6. The molecular weight excluding hydrogens is 471 g/mol. The van der Waals surface area contributed by atoms with Gasteiger partial charge in [0.05, 0.1) is 16.1 Å². The average molecular weight is 495 g/mol. The second-order valence-electron chi connectivity index (χ2n) is 6.02. The lowest BCUT2D eigenvalue weighted by molar-refractivity contribution is 0.483. The fraction of sp³-hybridized carbons (Fsp3) is 0.333. The third kappa shape index (κ3) is 10.3. The van der Waals surface area contributed by atoms with Crippen LogP contribution in [0.2, 0.25) is 0 Å². The molecule has 0 radical (unpaired) electrons. The van der Waals surface area contributed by atoms with E-state index in [1.54, 1.807) is 0 Å². The molecule has 0 fully saturated rings. The van der Waals surface area contributed by atoms with E-state index >= 15 is 0 Å². The second kappa shape index (κ2) is 11.7. The van der Waals surface area contributed by atoms with Crippen LogP contribution in [0.15, 0.2) is 60.7 Å². The van der Waals surface area contributed by atoms with E-state index in [1.165, 1.54) is 34.1 Å². The molecule has 0 amide bonds. The Morgan fingerprint density at radius 2 is 1.10 bits per heavy atom. The van der Waals surface area contributed by atoms with E-state index in [0.29, 0.717) is 6.16 Å². The van der Waals surface area contributed by atoms with Crippen molar-refractivity contribution in [3.05, 3.63) is 60.7 Å². The highest BCUT2D eigenvalue weighted by Gasteiger charge is 2.22. The Bertz CT molecular complexity index is 875. The molecule has 0 bridgehead atoms. The van der Waals surface area contributed by atoms with Crippen LogP contribution in [0, 0.1) is 0 Å². The maximum absolute atomic E-state index is 11.1. The molecule has 2 aromatic carbocycles. The lowest BCUT2D eigenvalue weighted by Crippen LogP contribution is -2.20. The number of hydrogen-bond donors (Lipinski definition) is 2. The van der Waals surface area contributed by atoms with Gasteiger partial charge in [-0.25, -0.2) is 0 Å². The van der Waals surface area contributed by atoms with Crippen LogP contribution < -0.4 is 10.6 Å². The average Bonchev–Trinajstić information content (AvgIpc) is 2.65. The van der Waals surface area contributed by atoms with E-state index in [0.717, 1.165) is 0 Å². The van der Waals surface area contributed by atoms with Crippen molar-refractivity contribution in [2.45, 2.75) is 4.58 Å². The van der Waals surface area contributed by atoms with E-state index < -0.39 is 28.2 Å². The van der Waals surface area contributed by atoms with Gasteiger partial charge in [0.25, 0.3) is 20.2 Å². The standard InChI is InChI=1S/C18H23O6PS4/c19-28(20,21)13-11-26-18(27-12-14-29(22,23)24)15-25(16-7-3-1-4-8-16)17-9-5-2-6-10-17/h1-10,18H,11-15H2,(H,19,20,21)(H,22,23,24). The van der Waals surface area contributed by atoms with Crippen LogP contribution in [-0.2, 0) is 20.2 Å². The van der Waals surface area contributed by atoms with Gasteiger partial charge in [0.15, 0.2) is 0 Å². The lowest BCUT2D eigenvalue weighted by atomic mass is 10.4. The van der Waals surface area contributed by atoms with Crippen LogP contribution in [0.25, 0.3) is 0 Å². The lowest BCUT2D eigenvalue weighted by Gasteiger charge is -2.24. The molecule has 0 heterocycles. The molecule has 0 saturated carbocycles. The minimum Gasteiger partial charge on any atom is -0.286 e. The zero-order valence-electron chi connectivity index (χ0n) is 15.5. The summed E-state index contributed by atoms with van der Waals surface area (Å²) >= 11 is 2.76. The van der Waals surface area contributed by atoms with E-state index in [1.807, 2.05) is 36.4 Å². The van der Waals surface area contributed by atoms with Crippen LogP contribution in [-0.4, -0.2) is 59.7 Å². The Morgan fingerprint density at radius 3 is 1.45 bits per heavy atom. The van der Waals surface area contributed by atoms with Crippen molar-refractivity contribution in [2.75, 3.05) is 29.2 Å². The first kappa shape index (κ1) is 24.7. The topological polar surface area (TPSA) is 109 Å². The quantitative estimate of drug-likeness (QED) is 0.263. The number of hydrogen-bond acceptors (Lipinski definition) is 6. The van der Waals surface area contributed by atoms with Crippen molar-refractivity contribution < 1.29 is 25.9 Å². The largest absolute Gasteiger partial charge is 0.286 e. The van der Waals surface area contributed by atoms with Crippen molar-refractivity contribution in [3.8, 4) is 0 Å². The molecule has 0 aliphatic carbocycles. The molecule has 160 valence electrons. The Labute approximate surface area is 182 Å². The maximum Gasteiger partial charge on any atom is 0.265 e. The summed E-state index contributed by atoms with van der Waals surface area (Å²) < 4.78 is 62.1. The zero-order valence-corrected chi connectivity index (χ0v) is 19.7. The Kier molecular flexibility index (Phi) is 9.94. The molecule has 0 saturated heterocycles. The number of benzene rings is 2. The van der Waals surface area contributed by atoms with Gasteiger partial charge in [0, 0.05) is 11.5 Å². The summed E-state index contributed by atoms with van der Waals surface area (Å²) in [7, 11) is -8.86. The summed E-state index contributed by atoms with van der Waals surface area (Å²) in [5.74, 6) is -0.312. The van der Waals surface area contributed by atoms with Crippen LogP contribution in [0.4, 0.5) is 0 Å². The molecule has 2 rings (SSSR count). The maximum atomic E-state index is 11.1. The zero-order chi connectivity index (χ0) is 21.3. The van der Waals surface area contributed by atoms with Crippen LogP contribution in [0.1, 0.15) is 0 Å². The molecule has 0 atom stereocenters. The summed E-state index contributed by atoms with van der Waals surface area (Å²) in [6.07, 6.45) is 0.704. The summed E-state index contributed by atoms with van der Waals surface area (Å²) in [5.41, 5.74) is 0. The van der Waals surface area contributed by atoms with Crippen molar-refractivity contribution in [1.82, 2.24) is 0 Å². The molecule has 0 aliphatic heterocycles. The van der Waals surface area contributed by atoms with E-state index in [4.69, 9.17) is 9.11 Å². The van der Waals surface area contributed by atoms with Crippen molar-refractivity contribution >= 4 is 62.3 Å². The summed E-state index contributed by atoms with van der Waals surface area (Å²) in [6, 6.07) is 20.0. The molecule has 2 aromatic rings. The highest BCUT2D eigenvalue weighted by atomic mass is 32.2. The molecule has 0 spiro atoms. The minimum absolute atomic E-state index is 0.0926. The van der Waals surface area contributed by atoms with E-state index in [9.17, 15) is 16.8 Å². The second-order valence-corrected chi connectivity index (χ2v) is 14.3. The van der Waals surface area contributed by atoms with E-state index in [-0.39, 0.29) is 27.6 Å². The monoisotopic (exact) mass is 494 g/mol. The predicted octanol–water partition coefficient (Wildman–Crippen LogP) is 2.69. The highest BCUT2D eigenvalue weighted by Crippen LogP contribution is 2.40. The Morgan fingerprint density at radius 1 is 0.724 bits per heavy atom. The SMILES string of the molecule is O=S(=O)(O)CCSC(CP(c1ccccc1)c1ccccc1)SCCS(=O)(=O)O. The summed E-state index contributed by atoms with van der Waals surface area (Å²) in [4.78, 5) is 0. The van der Waals surface area contributed by atoms with Crippen molar-refractivity contribution in [2.24, 2.45) is 0 Å². The number of thioether (sulfide) groups is 2. The van der Waals surface area contributed by atoms with Crippen LogP contribution in [0.3, 0.4) is 0 Å². The van der Waals surface area contributed by atoms with Crippen LogP contribution >= 0.6 is 31.4 Å². The highest BCUT2D eigenvalue weighted by molar-refractivity contribution is 8.17. The van der Waals surface area contributed by atoms with Gasteiger partial charge < -0.3 is 0 Å². The van der Waals surface area contributed by atoms with Gasteiger partial charge >= 0.3 is 0 Å². The first-order valence-electron chi connectivity index (χ1n) is 8.65. The molecule has 0 aliphatic rings. The van der Waals surface area contributed by atoms with Crippen molar-refractivity contribution in [3.63, 3.8) is 0 Å². The fourth-order valence-electron chi connectivity index (χ4n) is 2.45. The Hall–Kier alpha value is -0.610. The summed E-state index contributed by atoms with van der Waals surface area (Å²) in [5, 5.41) is 2.34. The third-order valence-electron chi connectivity index (χ3n) is 3.76. The molecule has 0 unspecified atom stereocenters. The first-order valence-corrected chi connectivity index (χ1v) is 15.5. The molecule has 0 aromatic heterocycles. The van der Waals surface area contributed by atoms with Gasteiger partial charge in [-0.05, 0) is 24.7 Å². The predicted molar refractivity (Wildman–Crippen MR) is 125 cm³/mol. The summed E-state index contributed by atoms with van der Waals surface area (Å²) in [6.45, 7) is 0.